The van der Waals surface area contributed by atoms with Crippen molar-refractivity contribution in [1.82, 2.24) is 0 Å². The summed E-state index contributed by atoms with van der Waals surface area (Å²) in [6.07, 6.45) is 3.67. The summed E-state index contributed by atoms with van der Waals surface area (Å²) in [5.41, 5.74) is 2.65. The Kier molecular flexibility index (Phi) is 4.07. The van der Waals surface area contributed by atoms with Crippen LogP contribution in [0.25, 0.3) is 0 Å². The number of hydrogen-bond acceptors (Lipinski definition) is 6. The normalized spacial score (nSPS) is 23.5. The second-order valence-corrected chi connectivity index (χ2v) is 9.01. The van der Waals surface area contributed by atoms with Gasteiger partial charge in [-0.25, -0.2) is 0 Å². The number of allylic oxidation sites excluding steroid dienone is 3. The Bertz CT molecular complexity index is 1100. The second kappa shape index (κ2) is 6.50. The van der Waals surface area contributed by atoms with Gasteiger partial charge in [0.05, 0.1) is 27.0 Å². The minimum absolute atomic E-state index is 0.0348. The Morgan fingerprint density at radius 1 is 0.893 bits per heavy atom. The third-order valence-corrected chi connectivity index (χ3v) is 7.59. The molecule has 140 valence electrons. The van der Waals surface area contributed by atoms with E-state index >= 15 is 0 Å². The Morgan fingerprint density at radius 2 is 1.43 bits per heavy atom. The molecule has 1 atom stereocenters. The van der Waals surface area contributed by atoms with E-state index in [1.165, 1.54) is 0 Å². The molecule has 1 N–H and O–H groups in total. The predicted molar refractivity (Wildman–Crippen MR) is 116 cm³/mol. The second-order valence-electron chi connectivity index (χ2n) is 6.89. The molecule has 2 aromatic rings. The molecule has 0 saturated carbocycles. The summed E-state index contributed by atoms with van der Waals surface area (Å²) in [6.45, 7) is 0. The third-order valence-electron chi connectivity index (χ3n) is 5.24. The van der Waals surface area contributed by atoms with Gasteiger partial charge in [-0.05, 0) is 36.4 Å². The fraction of sp³-hybridized carbons (Fsp3) is 0.136. The number of anilines is 2. The molecule has 0 radical (unpaired) electrons. The van der Waals surface area contributed by atoms with Crippen molar-refractivity contribution < 1.29 is 9.90 Å². The van der Waals surface area contributed by atoms with Gasteiger partial charge in [0, 0.05) is 23.9 Å². The van der Waals surface area contributed by atoms with Crippen LogP contribution in [0, 0.1) is 5.92 Å². The highest BCUT2D eigenvalue weighted by molar-refractivity contribution is 8.04. The van der Waals surface area contributed by atoms with Crippen LogP contribution in [0.15, 0.2) is 91.9 Å². The highest BCUT2D eigenvalue weighted by atomic mass is 32.2. The summed E-state index contributed by atoms with van der Waals surface area (Å²) in [7, 11) is 3.96. The molecular formula is C22H18N2O2S2. The van der Waals surface area contributed by atoms with Gasteiger partial charge in [-0.2, -0.15) is 0 Å². The molecule has 1 unspecified atom stereocenters. The fourth-order valence-corrected chi connectivity index (χ4v) is 5.80. The van der Waals surface area contributed by atoms with E-state index in [4.69, 9.17) is 0 Å². The number of aliphatic hydroxyl groups excluding tert-OH is 1. The van der Waals surface area contributed by atoms with E-state index in [9.17, 15) is 9.90 Å². The lowest BCUT2D eigenvalue weighted by molar-refractivity contribution is -0.120. The minimum Gasteiger partial charge on any atom is -0.510 e. The summed E-state index contributed by atoms with van der Waals surface area (Å²) < 4.78 is 0. The van der Waals surface area contributed by atoms with Crippen LogP contribution < -0.4 is 9.80 Å². The lowest BCUT2D eigenvalue weighted by atomic mass is 9.82. The zero-order chi connectivity index (χ0) is 19.4. The number of ketones is 1. The van der Waals surface area contributed by atoms with Crippen molar-refractivity contribution >= 4 is 40.7 Å². The maximum atomic E-state index is 12.7. The van der Waals surface area contributed by atoms with Crippen LogP contribution in [-0.4, -0.2) is 25.0 Å². The molecule has 1 aliphatic carbocycles. The Labute approximate surface area is 172 Å². The Hall–Kier alpha value is -2.57. The lowest BCUT2D eigenvalue weighted by Gasteiger charge is -2.26. The zero-order valence-corrected chi connectivity index (χ0v) is 17.1. The molecule has 0 amide bonds. The van der Waals surface area contributed by atoms with E-state index in [1.54, 1.807) is 29.6 Å². The van der Waals surface area contributed by atoms with Crippen molar-refractivity contribution in [3.05, 3.63) is 82.1 Å². The average Bonchev–Trinajstić information content (AvgIpc) is 3.21. The van der Waals surface area contributed by atoms with Crippen molar-refractivity contribution in [3.63, 3.8) is 0 Å². The first kappa shape index (κ1) is 17.5. The first-order valence-electron chi connectivity index (χ1n) is 8.96. The molecule has 28 heavy (non-hydrogen) atoms. The van der Waals surface area contributed by atoms with Gasteiger partial charge in [-0.1, -0.05) is 47.8 Å². The maximum Gasteiger partial charge on any atom is 0.180 e. The molecule has 2 aromatic carbocycles. The molecule has 2 aliphatic heterocycles. The lowest BCUT2D eigenvalue weighted by Crippen LogP contribution is -2.30. The van der Waals surface area contributed by atoms with Crippen LogP contribution in [0.1, 0.15) is 0 Å². The quantitative estimate of drug-likeness (QED) is 0.743. The largest absolute Gasteiger partial charge is 0.510 e. The van der Waals surface area contributed by atoms with Crippen molar-refractivity contribution in [3.8, 4) is 0 Å². The molecule has 0 fully saturated rings. The summed E-state index contributed by atoms with van der Waals surface area (Å²) in [4.78, 5) is 19.2. The molecular weight excluding hydrogens is 388 g/mol. The Morgan fingerprint density at radius 3 is 2.00 bits per heavy atom. The molecule has 4 nitrogen and oxygen atoms in total. The van der Waals surface area contributed by atoms with E-state index in [0.717, 1.165) is 31.2 Å². The molecule has 0 bridgehead atoms. The summed E-state index contributed by atoms with van der Waals surface area (Å²) >= 11 is 3.24. The number of Topliss-reactive ketones (excluding diaryl/α,β-unsaturated/α-hetero) is 1. The van der Waals surface area contributed by atoms with Crippen LogP contribution in [0.2, 0.25) is 0 Å². The molecule has 0 saturated heterocycles. The number of carbonyl (C=O) groups is 1. The fourth-order valence-electron chi connectivity index (χ4n) is 3.59. The van der Waals surface area contributed by atoms with Gasteiger partial charge < -0.3 is 14.9 Å². The van der Waals surface area contributed by atoms with E-state index in [1.807, 2.05) is 44.4 Å². The van der Waals surface area contributed by atoms with Gasteiger partial charge in [0.25, 0.3) is 0 Å². The standard InChI is InChI=1S/C22H18N2O2S2/c1-23-15-7-3-5-9-17(15)27-19(23)11-13-21(25)14(22(13)26)12-20-24(2)16-8-4-6-10-18(16)28-20/h3-13,25H,1-2H3/b19-11-,20-12+. The summed E-state index contributed by atoms with van der Waals surface area (Å²) in [5, 5.41) is 12.5. The van der Waals surface area contributed by atoms with E-state index in [0.29, 0.717) is 5.57 Å². The van der Waals surface area contributed by atoms with Crippen molar-refractivity contribution in [2.75, 3.05) is 23.9 Å². The van der Waals surface area contributed by atoms with Gasteiger partial charge in [0.2, 0.25) is 0 Å². The maximum absolute atomic E-state index is 12.7. The van der Waals surface area contributed by atoms with E-state index in [-0.39, 0.29) is 11.5 Å². The number of fused-ring (bicyclic) bond motifs is 2. The SMILES string of the molecule is CN1/C(=C/C2C(=O)C(/C=C3/Sc4ccccc4N3C)=C2O)Sc2ccccc21. The minimum atomic E-state index is -0.565. The number of para-hydroxylation sites is 2. The first-order chi connectivity index (χ1) is 13.5. The van der Waals surface area contributed by atoms with E-state index < -0.39 is 5.92 Å². The number of rotatable bonds is 2. The van der Waals surface area contributed by atoms with Crippen LogP contribution in [0.4, 0.5) is 11.4 Å². The van der Waals surface area contributed by atoms with Gasteiger partial charge in [0.15, 0.2) is 5.78 Å². The number of carbonyl (C=O) groups excluding carboxylic acids is 1. The number of nitrogens with zero attached hydrogens (tertiary/aromatic N) is 2. The van der Waals surface area contributed by atoms with Crippen LogP contribution in [-0.2, 0) is 4.79 Å². The van der Waals surface area contributed by atoms with Crippen molar-refractivity contribution in [2.24, 2.45) is 5.92 Å². The average molecular weight is 407 g/mol. The van der Waals surface area contributed by atoms with Crippen molar-refractivity contribution in [2.45, 2.75) is 9.79 Å². The zero-order valence-electron chi connectivity index (χ0n) is 15.4. The van der Waals surface area contributed by atoms with Gasteiger partial charge in [-0.3, -0.25) is 4.79 Å². The number of aliphatic hydroxyl groups is 1. The summed E-state index contributed by atoms with van der Waals surface area (Å²) in [6, 6.07) is 16.3. The molecule has 0 aromatic heterocycles. The molecule has 3 aliphatic rings. The van der Waals surface area contributed by atoms with Gasteiger partial charge >= 0.3 is 0 Å². The van der Waals surface area contributed by atoms with Crippen molar-refractivity contribution in [1.29, 1.82) is 0 Å². The number of thioether (sulfide) groups is 2. The molecule has 0 spiro atoms. The smallest absolute Gasteiger partial charge is 0.180 e. The third kappa shape index (κ3) is 2.59. The topological polar surface area (TPSA) is 43.8 Å². The van der Waals surface area contributed by atoms with Gasteiger partial charge in [-0.15, -0.1) is 0 Å². The molecule has 5 rings (SSSR count). The van der Waals surface area contributed by atoms with Crippen LogP contribution >= 0.6 is 23.5 Å². The molecule has 2 heterocycles. The number of benzene rings is 2. The predicted octanol–water partition coefficient (Wildman–Crippen LogP) is 5.16. The number of hydrogen-bond donors (Lipinski definition) is 1. The highest BCUT2D eigenvalue weighted by Crippen LogP contribution is 2.48. The van der Waals surface area contributed by atoms with Crippen LogP contribution in [0.5, 0.6) is 0 Å². The highest BCUT2D eigenvalue weighted by Gasteiger charge is 2.39. The van der Waals surface area contributed by atoms with E-state index in [2.05, 4.69) is 34.1 Å². The first-order valence-corrected chi connectivity index (χ1v) is 10.6. The Balaban J connectivity index is 1.41. The molecule has 6 heteroatoms. The van der Waals surface area contributed by atoms with Gasteiger partial charge in [0.1, 0.15) is 11.7 Å². The van der Waals surface area contributed by atoms with Crippen LogP contribution in [0.3, 0.4) is 0 Å². The monoisotopic (exact) mass is 406 g/mol. The summed E-state index contributed by atoms with van der Waals surface area (Å²) in [5.74, 6) is -0.447.